The van der Waals surface area contributed by atoms with Gasteiger partial charge in [-0.1, -0.05) is 60.7 Å². The molecule has 0 amide bonds. The Morgan fingerprint density at radius 2 is 1.43 bits per heavy atom. The highest BCUT2D eigenvalue weighted by molar-refractivity contribution is 5.61. The molecule has 150 valence electrons. The summed E-state index contributed by atoms with van der Waals surface area (Å²) >= 11 is 0. The average Bonchev–Trinajstić information content (AvgIpc) is 2.80. The van der Waals surface area contributed by atoms with Crippen molar-refractivity contribution in [1.29, 1.82) is 0 Å². The smallest absolute Gasteiger partial charge is 0.224 e. The molecule has 0 unspecified atom stereocenters. The molecule has 0 fully saturated rings. The normalized spacial score (nSPS) is 11.7. The molecule has 1 N–H and O–H groups in total. The third-order valence-electron chi connectivity index (χ3n) is 4.76. The summed E-state index contributed by atoms with van der Waals surface area (Å²) < 4.78 is 0. The highest BCUT2D eigenvalue weighted by atomic mass is 15.3. The molecule has 6 heteroatoms. The van der Waals surface area contributed by atoms with Crippen molar-refractivity contribution in [3.63, 3.8) is 0 Å². The number of nitrogens with zero attached hydrogens (tertiary/aromatic N) is 5. The highest BCUT2D eigenvalue weighted by Gasteiger charge is 2.12. The molecule has 6 nitrogen and oxygen atoms in total. The van der Waals surface area contributed by atoms with E-state index >= 15 is 0 Å². The zero-order valence-electron chi connectivity index (χ0n) is 17.1. The maximum absolute atomic E-state index is 4.70. The van der Waals surface area contributed by atoms with Gasteiger partial charge in [0, 0.05) is 31.0 Å². The number of hydrogen-bond donors (Lipinski definition) is 1. The predicted octanol–water partition coefficient (Wildman–Crippen LogP) is 4.74. The first-order valence-electron chi connectivity index (χ1n) is 9.95. The van der Waals surface area contributed by atoms with E-state index in [1.54, 1.807) is 12.4 Å². The zero-order valence-corrected chi connectivity index (χ0v) is 17.1. The van der Waals surface area contributed by atoms with Crippen LogP contribution in [0.15, 0.2) is 85.2 Å². The molecule has 4 rings (SSSR count). The molecular formula is C24H24N6. The monoisotopic (exact) mass is 396 g/mol. The van der Waals surface area contributed by atoms with Gasteiger partial charge in [-0.2, -0.15) is 4.98 Å². The fourth-order valence-corrected chi connectivity index (χ4v) is 3.22. The fourth-order valence-electron chi connectivity index (χ4n) is 3.22. The third-order valence-corrected chi connectivity index (χ3v) is 4.76. The van der Waals surface area contributed by atoms with Gasteiger partial charge in [-0.3, -0.25) is 0 Å². The first-order chi connectivity index (χ1) is 14.7. The van der Waals surface area contributed by atoms with Gasteiger partial charge >= 0.3 is 0 Å². The number of hydrogen-bond acceptors (Lipinski definition) is 6. The molecule has 1 atom stereocenters. The Hall–Kier alpha value is -3.80. The van der Waals surface area contributed by atoms with Crippen molar-refractivity contribution in [3.05, 3.63) is 90.8 Å². The second-order valence-corrected chi connectivity index (χ2v) is 7.14. The van der Waals surface area contributed by atoms with Gasteiger partial charge in [-0.15, -0.1) is 0 Å². The van der Waals surface area contributed by atoms with Crippen LogP contribution in [0.4, 0.5) is 17.6 Å². The zero-order chi connectivity index (χ0) is 20.8. The summed E-state index contributed by atoms with van der Waals surface area (Å²) in [4.78, 5) is 20.1. The lowest BCUT2D eigenvalue weighted by molar-refractivity contribution is 0.776. The van der Waals surface area contributed by atoms with Crippen molar-refractivity contribution in [3.8, 4) is 11.4 Å². The van der Waals surface area contributed by atoms with Gasteiger partial charge in [0.25, 0.3) is 0 Å². The van der Waals surface area contributed by atoms with E-state index in [0.29, 0.717) is 11.8 Å². The molecule has 0 aliphatic rings. The van der Waals surface area contributed by atoms with E-state index in [2.05, 4.69) is 51.5 Å². The van der Waals surface area contributed by atoms with Crippen molar-refractivity contribution in [2.75, 3.05) is 17.3 Å². The minimum absolute atomic E-state index is 0.205. The topological polar surface area (TPSA) is 66.8 Å². The van der Waals surface area contributed by atoms with Gasteiger partial charge in [0.2, 0.25) is 5.95 Å². The SMILES string of the molecule is C[C@@H](Cc1ccccc1)Nc1nccc(N(C)c2ccnc(-c3ccccc3)n2)n1. The quantitative estimate of drug-likeness (QED) is 0.486. The second kappa shape index (κ2) is 9.13. The van der Waals surface area contributed by atoms with Crippen LogP contribution in [0.1, 0.15) is 12.5 Å². The molecule has 0 spiro atoms. The van der Waals surface area contributed by atoms with Gasteiger partial charge in [0.05, 0.1) is 0 Å². The first-order valence-corrected chi connectivity index (χ1v) is 9.95. The Labute approximate surface area is 176 Å². The van der Waals surface area contributed by atoms with Crippen LogP contribution in [-0.4, -0.2) is 33.0 Å². The average molecular weight is 396 g/mol. The van der Waals surface area contributed by atoms with E-state index in [0.717, 1.165) is 23.6 Å². The van der Waals surface area contributed by atoms with Crippen LogP contribution in [0.2, 0.25) is 0 Å². The molecule has 2 aromatic heterocycles. The van der Waals surface area contributed by atoms with Gasteiger partial charge in [-0.05, 0) is 31.0 Å². The van der Waals surface area contributed by atoms with Crippen molar-refractivity contribution in [2.45, 2.75) is 19.4 Å². The van der Waals surface area contributed by atoms with Crippen molar-refractivity contribution >= 4 is 17.6 Å². The van der Waals surface area contributed by atoms with E-state index in [9.17, 15) is 0 Å². The molecule has 0 saturated heterocycles. The summed E-state index contributed by atoms with van der Waals surface area (Å²) in [6.07, 6.45) is 4.43. The third kappa shape index (κ3) is 4.78. The van der Waals surface area contributed by atoms with Gasteiger partial charge in [0.15, 0.2) is 5.82 Å². The summed E-state index contributed by atoms with van der Waals surface area (Å²) in [5.41, 5.74) is 2.26. The molecule has 2 heterocycles. The number of rotatable bonds is 7. The lowest BCUT2D eigenvalue weighted by Crippen LogP contribution is -2.21. The Balaban J connectivity index is 1.49. The Morgan fingerprint density at radius 3 is 2.17 bits per heavy atom. The van der Waals surface area contributed by atoms with Gasteiger partial charge in [-0.25, -0.2) is 15.0 Å². The molecule has 0 bridgehead atoms. The molecule has 0 aliphatic heterocycles. The maximum atomic E-state index is 4.70. The van der Waals surface area contributed by atoms with E-state index < -0.39 is 0 Å². The summed E-state index contributed by atoms with van der Waals surface area (Å²) in [5.74, 6) is 2.81. The lowest BCUT2D eigenvalue weighted by atomic mass is 10.1. The van der Waals surface area contributed by atoms with Crippen LogP contribution < -0.4 is 10.2 Å². The van der Waals surface area contributed by atoms with Crippen LogP contribution >= 0.6 is 0 Å². The predicted molar refractivity (Wildman–Crippen MR) is 121 cm³/mol. The lowest BCUT2D eigenvalue weighted by Gasteiger charge is -2.19. The van der Waals surface area contributed by atoms with Crippen molar-refractivity contribution in [2.24, 2.45) is 0 Å². The fraction of sp³-hybridized carbons (Fsp3) is 0.167. The minimum Gasteiger partial charge on any atom is -0.351 e. The second-order valence-electron chi connectivity index (χ2n) is 7.14. The molecule has 4 aromatic rings. The Morgan fingerprint density at radius 1 is 0.800 bits per heavy atom. The largest absolute Gasteiger partial charge is 0.351 e. The number of benzene rings is 2. The molecule has 2 aromatic carbocycles. The van der Waals surface area contributed by atoms with Crippen molar-refractivity contribution < 1.29 is 0 Å². The molecular weight excluding hydrogens is 372 g/mol. The van der Waals surface area contributed by atoms with Crippen LogP contribution in [0.25, 0.3) is 11.4 Å². The van der Waals surface area contributed by atoms with E-state index in [4.69, 9.17) is 4.98 Å². The standard InChI is InChI=1S/C24H24N6/c1-18(17-19-9-5-3-6-10-19)27-24-26-16-14-22(29-24)30(2)21-13-15-25-23(28-21)20-11-7-4-8-12-20/h3-16,18H,17H2,1-2H3,(H,26,27,29)/t18-/m0/s1. The maximum Gasteiger partial charge on any atom is 0.224 e. The Kier molecular flexibility index (Phi) is 5.94. The van der Waals surface area contributed by atoms with Gasteiger partial charge in [0.1, 0.15) is 11.6 Å². The van der Waals surface area contributed by atoms with E-state index in [1.807, 2.05) is 60.5 Å². The van der Waals surface area contributed by atoms with E-state index in [-0.39, 0.29) is 6.04 Å². The minimum atomic E-state index is 0.205. The summed E-state index contributed by atoms with van der Waals surface area (Å²) in [6.45, 7) is 2.13. The number of anilines is 3. The highest BCUT2D eigenvalue weighted by Crippen LogP contribution is 2.23. The van der Waals surface area contributed by atoms with E-state index in [1.165, 1.54) is 5.56 Å². The molecule has 0 aliphatic carbocycles. The van der Waals surface area contributed by atoms with Crippen molar-refractivity contribution in [1.82, 2.24) is 19.9 Å². The van der Waals surface area contributed by atoms with Crippen LogP contribution in [-0.2, 0) is 6.42 Å². The molecule has 0 radical (unpaired) electrons. The van der Waals surface area contributed by atoms with Crippen LogP contribution in [0, 0.1) is 0 Å². The van der Waals surface area contributed by atoms with Gasteiger partial charge < -0.3 is 10.2 Å². The molecule has 30 heavy (non-hydrogen) atoms. The number of nitrogens with one attached hydrogen (secondary N) is 1. The Bertz CT molecular complexity index is 1080. The first kappa shape index (κ1) is 19.5. The summed E-state index contributed by atoms with van der Waals surface area (Å²) in [6, 6.07) is 24.3. The van der Waals surface area contributed by atoms with Crippen LogP contribution in [0.5, 0.6) is 0 Å². The summed E-state index contributed by atoms with van der Waals surface area (Å²) in [7, 11) is 1.94. The molecule has 0 saturated carbocycles. The summed E-state index contributed by atoms with van der Waals surface area (Å²) in [5, 5.41) is 3.39. The van der Waals surface area contributed by atoms with Crippen LogP contribution in [0.3, 0.4) is 0 Å². The number of aromatic nitrogens is 4.